The number of carbonyl (C=O) groups is 2. The molecule has 2 amide bonds. The molecule has 3 aromatic carbocycles. The lowest BCUT2D eigenvalue weighted by Crippen LogP contribution is -2.44. The van der Waals surface area contributed by atoms with Gasteiger partial charge in [-0.1, -0.05) is 47.6 Å². The van der Waals surface area contributed by atoms with Gasteiger partial charge in [0.25, 0.3) is 0 Å². The number of para-hydroxylation sites is 1. The van der Waals surface area contributed by atoms with Gasteiger partial charge in [0, 0.05) is 6.42 Å². The van der Waals surface area contributed by atoms with Crippen LogP contribution in [-0.2, 0) is 22.3 Å². The van der Waals surface area contributed by atoms with Crippen LogP contribution in [0.15, 0.2) is 71.7 Å². The van der Waals surface area contributed by atoms with E-state index < -0.39 is 28.8 Å². The Morgan fingerprint density at radius 3 is 2.66 bits per heavy atom. The van der Waals surface area contributed by atoms with Gasteiger partial charge < -0.3 is 14.8 Å². The molecular formula is C26H19ClF3N3O4S. The highest BCUT2D eigenvalue weighted by Gasteiger charge is 2.37. The van der Waals surface area contributed by atoms with E-state index >= 15 is 0 Å². The number of benzene rings is 3. The van der Waals surface area contributed by atoms with Gasteiger partial charge in [0.05, 0.1) is 28.5 Å². The molecule has 196 valence electrons. The quantitative estimate of drug-likeness (QED) is 0.398. The zero-order valence-electron chi connectivity index (χ0n) is 19.5. The minimum atomic E-state index is -4.56. The summed E-state index contributed by atoms with van der Waals surface area (Å²) in [6.07, 6.45) is -4.71. The molecule has 0 saturated carbocycles. The summed E-state index contributed by atoms with van der Waals surface area (Å²) in [5.41, 5.74) is 0.199. The van der Waals surface area contributed by atoms with Gasteiger partial charge in [-0.05, 0) is 48.0 Å². The highest BCUT2D eigenvalue weighted by molar-refractivity contribution is 8.15. The van der Waals surface area contributed by atoms with Gasteiger partial charge in [-0.15, -0.1) is 0 Å². The predicted molar refractivity (Wildman–Crippen MR) is 138 cm³/mol. The molecule has 5 rings (SSSR count). The van der Waals surface area contributed by atoms with E-state index in [4.69, 9.17) is 21.1 Å². The third-order valence-corrected chi connectivity index (χ3v) is 7.26. The second kappa shape index (κ2) is 10.6. The molecule has 2 heterocycles. The average Bonchev–Trinajstić information content (AvgIpc) is 3.35. The zero-order valence-corrected chi connectivity index (χ0v) is 21.1. The van der Waals surface area contributed by atoms with Crippen LogP contribution in [0, 0.1) is 0 Å². The number of anilines is 1. The number of carbonyl (C=O) groups excluding carboxylic acids is 2. The number of amides is 2. The van der Waals surface area contributed by atoms with E-state index in [0.29, 0.717) is 27.8 Å². The molecule has 1 atom stereocenters. The van der Waals surface area contributed by atoms with Crippen molar-refractivity contribution >= 4 is 51.7 Å². The Bertz CT molecular complexity index is 1430. The van der Waals surface area contributed by atoms with E-state index in [1.54, 1.807) is 42.5 Å². The highest BCUT2D eigenvalue weighted by Crippen LogP contribution is 2.36. The van der Waals surface area contributed by atoms with E-state index in [1.807, 2.05) is 0 Å². The number of nitrogens with one attached hydrogen (secondary N) is 1. The van der Waals surface area contributed by atoms with Crippen molar-refractivity contribution in [3.05, 3.63) is 82.9 Å². The summed E-state index contributed by atoms with van der Waals surface area (Å²) in [5.74, 6) is 0.206. The lowest BCUT2D eigenvalue weighted by atomic mass is 10.1. The van der Waals surface area contributed by atoms with Crippen molar-refractivity contribution in [2.24, 2.45) is 4.99 Å². The summed E-state index contributed by atoms with van der Waals surface area (Å²) in [5, 5.41) is 2.26. The minimum absolute atomic E-state index is 0.00188. The van der Waals surface area contributed by atoms with Crippen molar-refractivity contribution in [2.45, 2.75) is 24.4 Å². The summed E-state index contributed by atoms with van der Waals surface area (Å²) in [6, 6.07) is 16.3. The molecule has 1 saturated heterocycles. The van der Waals surface area contributed by atoms with Crippen LogP contribution in [0.5, 0.6) is 11.5 Å². The molecular weight excluding hydrogens is 543 g/mol. The van der Waals surface area contributed by atoms with Crippen LogP contribution in [0.3, 0.4) is 0 Å². The Kier molecular flexibility index (Phi) is 7.22. The Labute approximate surface area is 224 Å². The lowest BCUT2D eigenvalue weighted by molar-refractivity contribution is -0.137. The maximum atomic E-state index is 13.3. The number of hydrogen-bond donors (Lipinski definition) is 1. The molecule has 1 fully saturated rings. The minimum Gasteiger partial charge on any atom is -0.454 e. The van der Waals surface area contributed by atoms with Crippen LogP contribution < -0.4 is 14.8 Å². The van der Waals surface area contributed by atoms with E-state index in [-0.39, 0.29) is 30.6 Å². The number of thioether (sulfide) groups is 1. The fraction of sp³-hybridized carbons (Fsp3) is 0.192. The molecule has 0 aliphatic carbocycles. The lowest BCUT2D eigenvalue weighted by Gasteiger charge is -2.32. The topological polar surface area (TPSA) is 80.2 Å². The molecule has 2 aliphatic heterocycles. The first-order valence-corrected chi connectivity index (χ1v) is 12.6. The van der Waals surface area contributed by atoms with Crippen molar-refractivity contribution < 1.29 is 32.2 Å². The summed E-state index contributed by atoms with van der Waals surface area (Å²) >= 11 is 7.14. The predicted octanol–water partition coefficient (Wildman–Crippen LogP) is 6.25. The largest absolute Gasteiger partial charge is 0.454 e. The number of aliphatic imine (C=N–C) groups is 1. The van der Waals surface area contributed by atoms with Crippen LogP contribution in [-0.4, -0.2) is 33.9 Å². The first-order valence-electron chi connectivity index (χ1n) is 11.3. The number of fused-ring (bicyclic) bond motifs is 1. The Hall–Kier alpha value is -3.70. The van der Waals surface area contributed by atoms with Crippen LogP contribution in [0.25, 0.3) is 0 Å². The van der Waals surface area contributed by atoms with Crippen LogP contribution in [0.2, 0.25) is 5.02 Å². The molecule has 0 spiro atoms. The third-order valence-electron chi connectivity index (χ3n) is 5.74. The number of nitrogens with zero attached hydrogens (tertiary/aromatic N) is 2. The van der Waals surface area contributed by atoms with Crippen LogP contribution >= 0.6 is 23.4 Å². The molecule has 38 heavy (non-hydrogen) atoms. The summed E-state index contributed by atoms with van der Waals surface area (Å²) in [6.45, 7) is 0.154. The fourth-order valence-electron chi connectivity index (χ4n) is 3.86. The van der Waals surface area contributed by atoms with E-state index in [1.165, 1.54) is 17.0 Å². The smallest absolute Gasteiger partial charge is 0.416 e. The van der Waals surface area contributed by atoms with Crippen molar-refractivity contribution in [1.82, 2.24) is 4.90 Å². The maximum absolute atomic E-state index is 13.3. The monoisotopic (exact) mass is 561 g/mol. The molecule has 3 aromatic rings. The number of halogens is 4. The van der Waals surface area contributed by atoms with Crippen molar-refractivity contribution in [3.8, 4) is 11.5 Å². The Balaban J connectivity index is 1.45. The first kappa shape index (κ1) is 25.9. The van der Waals surface area contributed by atoms with Gasteiger partial charge in [0.2, 0.25) is 18.6 Å². The standard InChI is InChI=1S/C26H19ClF3N3O4S/c27-18-6-1-2-7-19(18)32-24(35)22-12-23(34)33(13-15-8-9-20-21(10-15)37-14-36-20)25(38-22)31-17-5-3-4-16(11-17)26(28,29)30/h1-11,22H,12-14H2,(H,32,35). The second-order valence-corrected chi connectivity index (χ2v) is 9.97. The third kappa shape index (κ3) is 5.73. The zero-order chi connectivity index (χ0) is 26.9. The SMILES string of the molecule is O=C(Nc1ccccc1Cl)C1CC(=O)N(Cc2ccc3c(c2)OCO3)C(=Nc2cccc(C(F)(F)F)c2)S1. The summed E-state index contributed by atoms with van der Waals surface area (Å²) in [7, 11) is 0. The van der Waals surface area contributed by atoms with E-state index in [9.17, 15) is 22.8 Å². The normalized spacial score (nSPS) is 18.1. The van der Waals surface area contributed by atoms with Gasteiger partial charge in [-0.2, -0.15) is 13.2 Å². The van der Waals surface area contributed by atoms with E-state index in [2.05, 4.69) is 10.3 Å². The molecule has 1 N–H and O–H groups in total. The van der Waals surface area contributed by atoms with Gasteiger partial charge in [-0.3, -0.25) is 14.5 Å². The van der Waals surface area contributed by atoms with Gasteiger partial charge >= 0.3 is 6.18 Å². The molecule has 12 heteroatoms. The average molecular weight is 562 g/mol. The van der Waals surface area contributed by atoms with Gasteiger partial charge in [0.15, 0.2) is 16.7 Å². The number of amidine groups is 1. The van der Waals surface area contributed by atoms with Gasteiger partial charge in [-0.25, -0.2) is 4.99 Å². The summed E-state index contributed by atoms with van der Waals surface area (Å²) < 4.78 is 50.6. The summed E-state index contributed by atoms with van der Waals surface area (Å²) in [4.78, 5) is 32.1. The van der Waals surface area contributed by atoms with Crippen molar-refractivity contribution in [3.63, 3.8) is 0 Å². The number of ether oxygens (including phenoxy) is 2. The molecule has 0 radical (unpaired) electrons. The van der Waals surface area contributed by atoms with E-state index in [0.717, 1.165) is 23.9 Å². The fourth-order valence-corrected chi connectivity index (χ4v) is 5.14. The first-order chi connectivity index (χ1) is 18.2. The maximum Gasteiger partial charge on any atom is 0.416 e. The van der Waals surface area contributed by atoms with Gasteiger partial charge in [0.1, 0.15) is 5.25 Å². The van der Waals surface area contributed by atoms with Crippen molar-refractivity contribution in [1.29, 1.82) is 0 Å². The molecule has 2 aliphatic rings. The van der Waals surface area contributed by atoms with Crippen molar-refractivity contribution in [2.75, 3.05) is 12.1 Å². The molecule has 0 bridgehead atoms. The molecule has 1 unspecified atom stereocenters. The highest BCUT2D eigenvalue weighted by atomic mass is 35.5. The number of alkyl halides is 3. The molecule has 0 aromatic heterocycles. The number of rotatable bonds is 5. The van der Waals surface area contributed by atoms with Crippen LogP contribution in [0.1, 0.15) is 17.5 Å². The Morgan fingerprint density at radius 2 is 1.87 bits per heavy atom. The number of hydrogen-bond acceptors (Lipinski definition) is 6. The molecule has 7 nitrogen and oxygen atoms in total. The van der Waals surface area contributed by atoms with Crippen LogP contribution in [0.4, 0.5) is 24.5 Å². The Morgan fingerprint density at radius 1 is 1.08 bits per heavy atom. The second-order valence-electron chi connectivity index (χ2n) is 8.39.